The Bertz CT molecular complexity index is 1200. The van der Waals surface area contributed by atoms with Crippen LogP contribution in [0.3, 0.4) is 0 Å². The quantitative estimate of drug-likeness (QED) is 0.522. The number of pyridine rings is 1. The molecule has 3 aromatic heterocycles. The van der Waals surface area contributed by atoms with Crippen molar-refractivity contribution in [3.8, 4) is 11.4 Å². The van der Waals surface area contributed by atoms with E-state index in [0.29, 0.717) is 18.5 Å². The summed E-state index contributed by atoms with van der Waals surface area (Å²) in [6, 6.07) is 11.5. The lowest BCUT2D eigenvalue weighted by Gasteiger charge is -2.14. The average molecular weight is 420 g/mol. The first-order valence-electron chi connectivity index (χ1n) is 9.94. The molecule has 4 aromatic rings. The van der Waals surface area contributed by atoms with Gasteiger partial charge >= 0.3 is 0 Å². The number of thiazole rings is 1. The molecule has 0 spiro atoms. The molecule has 7 heteroatoms. The summed E-state index contributed by atoms with van der Waals surface area (Å²) in [6.07, 6.45) is 2.44. The minimum absolute atomic E-state index is 0.0378. The highest BCUT2D eigenvalue weighted by Gasteiger charge is 2.18. The summed E-state index contributed by atoms with van der Waals surface area (Å²) >= 11 is 1.65. The second-order valence-corrected chi connectivity index (χ2v) is 9.24. The van der Waals surface area contributed by atoms with Gasteiger partial charge in [0.2, 0.25) is 0 Å². The number of amides is 1. The third kappa shape index (κ3) is 4.11. The third-order valence-electron chi connectivity index (χ3n) is 4.99. The van der Waals surface area contributed by atoms with Gasteiger partial charge in [-0.3, -0.25) is 9.48 Å². The van der Waals surface area contributed by atoms with Gasteiger partial charge in [0.1, 0.15) is 0 Å². The normalized spacial score (nSPS) is 11.7. The maximum absolute atomic E-state index is 13.0. The molecule has 0 radical (unpaired) electrons. The van der Waals surface area contributed by atoms with Crippen molar-refractivity contribution in [1.29, 1.82) is 0 Å². The highest BCUT2D eigenvalue weighted by molar-refractivity contribution is 7.09. The van der Waals surface area contributed by atoms with E-state index in [1.165, 1.54) is 0 Å². The van der Waals surface area contributed by atoms with Gasteiger partial charge in [0.15, 0.2) is 0 Å². The largest absolute Gasteiger partial charge is 0.352 e. The Morgan fingerprint density at radius 3 is 2.67 bits per heavy atom. The van der Waals surface area contributed by atoms with E-state index in [4.69, 9.17) is 9.97 Å². The van der Waals surface area contributed by atoms with Crippen molar-refractivity contribution < 1.29 is 4.79 Å². The van der Waals surface area contributed by atoms with Crippen LogP contribution in [0.25, 0.3) is 22.3 Å². The number of benzene rings is 1. The van der Waals surface area contributed by atoms with Crippen molar-refractivity contribution in [3.05, 3.63) is 64.2 Å². The molecule has 4 rings (SSSR count). The van der Waals surface area contributed by atoms with Crippen LogP contribution in [0.2, 0.25) is 0 Å². The van der Waals surface area contributed by atoms with E-state index in [-0.39, 0.29) is 11.3 Å². The SMILES string of the molecule is Cn1nccc1-c1cc(C(=O)NCCc2nc(C(C)(C)C)cs2)c2ccccc2n1. The molecule has 30 heavy (non-hydrogen) atoms. The first-order valence-corrected chi connectivity index (χ1v) is 10.8. The van der Waals surface area contributed by atoms with Crippen molar-refractivity contribution >= 4 is 28.1 Å². The molecule has 0 aliphatic heterocycles. The number of carbonyl (C=O) groups is 1. The number of hydrogen-bond acceptors (Lipinski definition) is 5. The molecule has 6 nitrogen and oxygen atoms in total. The third-order valence-corrected chi connectivity index (χ3v) is 5.90. The predicted octanol–water partition coefficient (Wildman–Crippen LogP) is 4.36. The summed E-state index contributed by atoms with van der Waals surface area (Å²) in [5, 5.41) is 11.3. The molecule has 3 heterocycles. The van der Waals surface area contributed by atoms with Crippen LogP contribution in [-0.2, 0) is 18.9 Å². The maximum Gasteiger partial charge on any atom is 0.252 e. The molecule has 0 unspecified atom stereocenters. The van der Waals surface area contributed by atoms with E-state index < -0.39 is 0 Å². The number of aryl methyl sites for hydroxylation is 1. The maximum atomic E-state index is 13.0. The monoisotopic (exact) mass is 419 g/mol. The number of hydrogen-bond donors (Lipinski definition) is 1. The Hall–Kier alpha value is -3.06. The molecule has 154 valence electrons. The summed E-state index contributed by atoms with van der Waals surface area (Å²) in [4.78, 5) is 22.5. The first-order chi connectivity index (χ1) is 14.3. The van der Waals surface area contributed by atoms with Crippen LogP contribution in [0.5, 0.6) is 0 Å². The van der Waals surface area contributed by atoms with Gasteiger partial charge in [-0.15, -0.1) is 11.3 Å². The Kier molecular flexibility index (Phi) is 5.39. The molecule has 0 saturated heterocycles. The van der Waals surface area contributed by atoms with Crippen LogP contribution in [0, 0.1) is 0 Å². The van der Waals surface area contributed by atoms with Gasteiger partial charge in [-0.2, -0.15) is 5.10 Å². The van der Waals surface area contributed by atoms with Gasteiger partial charge in [-0.1, -0.05) is 39.0 Å². The van der Waals surface area contributed by atoms with Crippen LogP contribution in [0.1, 0.15) is 41.8 Å². The lowest BCUT2D eigenvalue weighted by atomic mass is 9.93. The van der Waals surface area contributed by atoms with Gasteiger partial charge < -0.3 is 5.32 Å². The minimum Gasteiger partial charge on any atom is -0.352 e. The van der Waals surface area contributed by atoms with Gasteiger partial charge in [0.25, 0.3) is 5.91 Å². The number of aromatic nitrogens is 4. The number of rotatable bonds is 5. The molecule has 0 atom stereocenters. The van der Waals surface area contributed by atoms with Crippen LogP contribution in [0.15, 0.2) is 48.0 Å². The van der Waals surface area contributed by atoms with Crippen molar-refractivity contribution in [2.75, 3.05) is 6.54 Å². The van der Waals surface area contributed by atoms with Crippen molar-refractivity contribution in [1.82, 2.24) is 25.1 Å². The van der Waals surface area contributed by atoms with E-state index >= 15 is 0 Å². The average Bonchev–Trinajstić information content (AvgIpc) is 3.36. The Balaban J connectivity index is 1.55. The van der Waals surface area contributed by atoms with E-state index in [0.717, 1.165) is 33.0 Å². The zero-order chi connectivity index (χ0) is 21.3. The van der Waals surface area contributed by atoms with Gasteiger partial charge in [-0.05, 0) is 18.2 Å². The lowest BCUT2D eigenvalue weighted by molar-refractivity contribution is 0.0955. The molecule has 0 bridgehead atoms. The molecule has 1 aromatic carbocycles. The van der Waals surface area contributed by atoms with E-state index in [9.17, 15) is 4.79 Å². The van der Waals surface area contributed by atoms with Crippen molar-refractivity contribution in [2.45, 2.75) is 32.6 Å². The summed E-state index contributed by atoms with van der Waals surface area (Å²) in [6.45, 7) is 7.00. The number of carbonyl (C=O) groups excluding carboxylic acids is 1. The van der Waals surface area contributed by atoms with E-state index in [1.54, 1.807) is 22.2 Å². The molecule has 0 fully saturated rings. The van der Waals surface area contributed by atoms with E-state index in [1.807, 2.05) is 43.4 Å². The Morgan fingerprint density at radius 2 is 1.97 bits per heavy atom. The zero-order valence-electron chi connectivity index (χ0n) is 17.6. The molecule has 1 amide bonds. The van der Waals surface area contributed by atoms with Gasteiger partial charge in [0.05, 0.1) is 33.2 Å². The number of fused-ring (bicyclic) bond motifs is 1. The summed E-state index contributed by atoms with van der Waals surface area (Å²) in [7, 11) is 1.87. The zero-order valence-corrected chi connectivity index (χ0v) is 18.5. The van der Waals surface area contributed by atoms with E-state index in [2.05, 4.69) is 36.6 Å². The number of nitrogens with zero attached hydrogens (tertiary/aromatic N) is 4. The number of para-hydroxylation sites is 1. The van der Waals surface area contributed by atoms with Crippen LogP contribution >= 0.6 is 11.3 Å². The Morgan fingerprint density at radius 1 is 1.17 bits per heavy atom. The van der Waals surface area contributed by atoms with Gasteiger partial charge in [0, 0.05) is 42.4 Å². The second-order valence-electron chi connectivity index (χ2n) is 8.29. The minimum atomic E-state index is -0.107. The summed E-state index contributed by atoms with van der Waals surface area (Å²) in [5.74, 6) is -0.107. The fourth-order valence-corrected chi connectivity index (χ4v) is 4.29. The van der Waals surface area contributed by atoms with Crippen LogP contribution < -0.4 is 5.32 Å². The highest BCUT2D eigenvalue weighted by atomic mass is 32.1. The first kappa shape index (κ1) is 20.2. The highest BCUT2D eigenvalue weighted by Crippen LogP contribution is 2.25. The molecular weight excluding hydrogens is 394 g/mol. The summed E-state index contributed by atoms with van der Waals surface area (Å²) < 4.78 is 1.76. The molecule has 1 N–H and O–H groups in total. The van der Waals surface area contributed by atoms with Crippen molar-refractivity contribution in [3.63, 3.8) is 0 Å². The smallest absolute Gasteiger partial charge is 0.252 e. The fourth-order valence-electron chi connectivity index (χ4n) is 3.27. The molecular formula is C23H25N5OS. The van der Waals surface area contributed by atoms with Crippen LogP contribution in [0.4, 0.5) is 0 Å². The van der Waals surface area contributed by atoms with Gasteiger partial charge in [-0.25, -0.2) is 9.97 Å². The predicted molar refractivity (Wildman–Crippen MR) is 121 cm³/mol. The molecule has 0 aliphatic carbocycles. The lowest BCUT2D eigenvalue weighted by Crippen LogP contribution is -2.26. The van der Waals surface area contributed by atoms with Crippen molar-refractivity contribution in [2.24, 2.45) is 7.05 Å². The van der Waals surface area contributed by atoms with Crippen LogP contribution in [-0.4, -0.2) is 32.2 Å². The number of nitrogens with one attached hydrogen (secondary N) is 1. The molecule has 0 saturated carbocycles. The fraction of sp³-hybridized carbons (Fsp3) is 0.304. The molecule has 0 aliphatic rings. The topological polar surface area (TPSA) is 72.7 Å². The second kappa shape index (κ2) is 7.99. The summed E-state index contributed by atoms with van der Waals surface area (Å²) in [5.41, 5.74) is 4.13. The Labute approximate surface area is 180 Å². The standard InChI is InChI=1S/C23H25N5OS/c1-23(2,3)20-14-30-21(27-20)10-11-24-22(29)16-13-18(19-9-12-25-28(19)4)26-17-8-6-5-7-15(16)17/h5-9,12-14H,10-11H2,1-4H3,(H,24,29).